The fourth-order valence-electron chi connectivity index (χ4n) is 1.69. The van der Waals surface area contributed by atoms with E-state index in [9.17, 15) is 4.79 Å². The molecule has 0 unspecified atom stereocenters. The Hall–Kier alpha value is -2.62. The molecule has 20 heavy (non-hydrogen) atoms. The molecule has 0 radical (unpaired) electrons. The molecule has 0 spiro atoms. The predicted octanol–water partition coefficient (Wildman–Crippen LogP) is 2.99. The van der Waals surface area contributed by atoms with Crippen LogP contribution in [0.5, 0.6) is 11.5 Å². The van der Waals surface area contributed by atoms with Crippen molar-refractivity contribution < 1.29 is 14.3 Å². The number of benzene rings is 1. The highest BCUT2D eigenvalue weighted by Gasteiger charge is 2.03. The first-order valence-electron chi connectivity index (χ1n) is 6.09. The fourth-order valence-corrected chi connectivity index (χ4v) is 1.69. The number of carbonyl (C=O) groups is 1. The van der Waals surface area contributed by atoms with Gasteiger partial charge in [0.25, 0.3) is 0 Å². The Bertz CT molecular complexity index is 599. The minimum atomic E-state index is -0.146. The molecule has 0 atom stereocenters. The minimum Gasteiger partial charge on any atom is -0.497 e. The lowest BCUT2D eigenvalue weighted by atomic mass is 10.1. The van der Waals surface area contributed by atoms with Gasteiger partial charge in [0, 0.05) is 12.3 Å². The monoisotopic (exact) mass is 269 g/mol. The lowest BCUT2D eigenvalue weighted by Gasteiger charge is -2.05. The van der Waals surface area contributed by atoms with Crippen molar-refractivity contribution in [1.29, 1.82) is 0 Å². The van der Waals surface area contributed by atoms with Crippen LogP contribution in [0.4, 0.5) is 0 Å². The van der Waals surface area contributed by atoms with Gasteiger partial charge in [-0.1, -0.05) is 12.1 Å². The number of methoxy groups -OCH3 is 2. The molecule has 0 aliphatic carbocycles. The van der Waals surface area contributed by atoms with E-state index in [0.29, 0.717) is 17.2 Å². The summed E-state index contributed by atoms with van der Waals surface area (Å²) in [6.07, 6.45) is 4.79. The lowest BCUT2D eigenvalue weighted by Crippen LogP contribution is -1.96. The summed E-state index contributed by atoms with van der Waals surface area (Å²) in [4.78, 5) is 15.9. The second kappa shape index (κ2) is 6.52. The molecule has 0 saturated carbocycles. The van der Waals surface area contributed by atoms with E-state index in [0.717, 1.165) is 5.56 Å². The van der Waals surface area contributed by atoms with E-state index in [1.807, 2.05) is 12.1 Å². The van der Waals surface area contributed by atoms with Crippen LogP contribution in [-0.2, 0) is 0 Å². The molecule has 0 N–H and O–H groups in total. The number of nitrogens with zero attached hydrogens (tertiary/aromatic N) is 1. The highest BCUT2D eigenvalue weighted by atomic mass is 16.5. The topological polar surface area (TPSA) is 48.4 Å². The Morgan fingerprint density at radius 1 is 1.10 bits per heavy atom. The van der Waals surface area contributed by atoms with Gasteiger partial charge in [-0.05, 0) is 35.9 Å². The Labute approximate surface area is 117 Å². The molecule has 1 aromatic carbocycles. The van der Waals surface area contributed by atoms with Gasteiger partial charge >= 0.3 is 0 Å². The van der Waals surface area contributed by atoms with Gasteiger partial charge < -0.3 is 9.47 Å². The van der Waals surface area contributed by atoms with Crippen molar-refractivity contribution in [3.05, 3.63) is 59.9 Å². The maximum absolute atomic E-state index is 11.9. The van der Waals surface area contributed by atoms with Crippen molar-refractivity contribution in [3.63, 3.8) is 0 Å². The summed E-state index contributed by atoms with van der Waals surface area (Å²) >= 11 is 0. The van der Waals surface area contributed by atoms with E-state index in [4.69, 9.17) is 9.47 Å². The van der Waals surface area contributed by atoms with Gasteiger partial charge in [-0.3, -0.25) is 9.78 Å². The first-order chi connectivity index (χ1) is 9.72. The Kier molecular flexibility index (Phi) is 4.50. The maximum Gasteiger partial charge on any atom is 0.204 e. The Balaban J connectivity index is 2.21. The van der Waals surface area contributed by atoms with E-state index in [1.54, 1.807) is 50.8 Å². The number of allylic oxidation sites excluding steroid dienone is 1. The number of aromatic nitrogens is 1. The van der Waals surface area contributed by atoms with E-state index in [-0.39, 0.29) is 5.78 Å². The SMILES string of the molecule is COc1cc(/C=C/C(=O)c2ccccn2)cc(OC)c1. The third-order valence-electron chi connectivity index (χ3n) is 2.72. The van der Waals surface area contributed by atoms with E-state index in [2.05, 4.69) is 4.98 Å². The smallest absolute Gasteiger partial charge is 0.204 e. The molecule has 1 aromatic heterocycles. The van der Waals surface area contributed by atoms with Crippen molar-refractivity contribution in [2.45, 2.75) is 0 Å². The van der Waals surface area contributed by atoms with Crippen molar-refractivity contribution in [2.24, 2.45) is 0 Å². The van der Waals surface area contributed by atoms with Crippen LogP contribution in [0.1, 0.15) is 16.1 Å². The quantitative estimate of drug-likeness (QED) is 0.618. The molecule has 4 nitrogen and oxygen atoms in total. The molecule has 1 heterocycles. The van der Waals surface area contributed by atoms with Gasteiger partial charge in [-0.15, -0.1) is 0 Å². The molecule has 102 valence electrons. The normalized spacial score (nSPS) is 10.5. The summed E-state index contributed by atoms with van der Waals surface area (Å²) in [5.74, 6) is 1.20. The van der Waals surface area contributed by atoms with Crippen molar-refractivity contribution >= 4 is 11.9 Å². The van der Waals surface area contributed by atoms with Crippen LogP contribution >= 0.6 is 0 Å². The average Bonchev–Trinajstić information content (AvgIpc) is 2.53. The van der Waals surface area contributed by atoms with Crippen molar-refractivity contribution in [2.75, 3.05) is 14.2 Å². The zero-order valence-electron chi connectivity index (χ0n) is 11.4. The fraction of sp³-hybridized carbons (Fsp3) is 0.125. The maximum atomic E-state index is 11.9. The summed E-state index contributed by atoms with van der Waals surface area (Å²) < 4.78 is 10.4. The zero-order valence-corrected chi connectivity index (χ0v) is 11.4. The minimum absolute atomic E-state index is 0.146. The second-order valence-corrected chi connectivity index (χ2v) is 4.06. The molecule has 0 saturated heterocycles. The molecule has 4 heteroatoms. The standard InChI is InChI=1S/C16H15NO3/c1-19-13-9-12(10-14(11-13)20-2)6-7-16(18)15-5-3-4-8-17-15/h3-11H,1-2H3/b7-6+. The largest absolute Gasteiger partial charge is 0.497 e. The number of hydrogen-bond acceptors (Lipinski definition) is 4. The highest BCUT2D eigenvalue weighted by molar-refractivity contribution is 6.05. The molecule has 0 amide bonds. The van der Waals surface area contributed by atoms with E-state index < -0.39 is 0 Å². The highest BCUT2D eigenvalue weighted by Crippen LogP contribution is 2.23. The molecular formula is C16H15NO3. The van der Waals surface area contributed by atoms with E-state index >= 15 is 0 Å². The number of hydrogen-bond donors (Lipinski definition) is 0. The van der Waals surface area contributed by atoms with Crippen LogP contribution in [-0.4, -0.2) is 25.0 Å². The summed E-state index contributed by atoms with van der Waals surface area (Å²) in [5, 5.41) is 0. The number of ether oxygens (including phenoxy) is 2. The summed E-state index contributed by atoms with van der Waals surface area (Å²) in [5.41, 5.74) is 1.24. The van der Waals surface area contributed by atoms with E-state index in [1.165, 1.54) is 6.08 Å². The Morgan fingerprint density at radius 2 is 1.80 bits per heavy atom. The molecule has 0 aliphatic heterocycles. The molecule has 0 aliphatic rings. The van der Waals surface area contributed by atoms with Crippen LogP contribution in [0.25, 0.3) is 6.08 Å². The van der Waals surface area contributed by atoms with Gasteiger partial charge in [0.05, 0.1) is 14.2 Å². The summed E-state index contributed by atoms with van der Waals surface area (Å²) in [6, 6.07) is 10.7. The van der Waals surface area contributed by atoms with Gasteiger partial charge in [0.1, 0.15) is 17.2 Å². The zero-order chi connectivity index (χ0) is 14.4. The van der Waals surface area contributed by atoms with Gasteiger partial charge in [-0.2, -0.15) is 0 Å². The van der Waals surface area contributed by atoms with Crippen molar-refractivity contribution in [1.82, 2.24) is 4.98 Å². The third-order valence-corrected chi connectivity index (χ3v) is 2.72. The van der Waals surface area contributed by atoms with Crippen LogP contribution < -0.4 is 9.47 Å². The first-order valence-corrected chi connectivity index (χ1v) is 6.09. The summed E-state index contributed by atoms with van der Waals surface area (Å²) in [7, 11) is 3.17. The molecule has 2 rings (SSSR count). The number of ketones is 1. The number of rotatable bonds is 5. The number of pyridine rings is 1. The predicted molar refractivity (Wildman–Crippen MR) is 77.1 cm³/mol. The Morgan fingerprint density at radius 3 is 2.35 bits per heavy atom. The van der Waals surface area contributed by atoms with Crippen LogP contribution in [0.3, 0.4) is 0 Å². The summed E-state index contributed by atoms with van der Waals surface area (Å²) in [6.45, 7) is 0. The van der Waals surface area contributed by atoms with Crippen molar-refractivity contribution in [3.8, 4) is 11.5 Å². The van der Waals surface area contributed by atoms with Crippen LogP contribution in [0.2, 0.25) is 0 Å². The molecule has 0 bridgehead atoms. The molecule has 2 aromatic rings. The average molecular weight is 269 g/mol. The van der Waals surface area contributed by atoms with Gasteiger partial charge in [0.2, 0.25) is 5.78 Å². The van der Waals surface area contributed by atoms with Gasteiger partial charge in [0.15, 0.2) is 0 Å². The number of carbonyl (C=O) groups excluding carboxylic acids is 1. The first kappa shape index (κ1) is 13.8. The third kappa shape index (κ3) is 3.45. The van der Waals surface area contributed by atoms with Crippen LogP contribution in [0, 0.1) is 0 Å². The second-order valence-electron chi connectivity index (χ2n) is 4.06. The molecule has 0 fully saturated rings. The lowest BCUT2D eigenvalue weighted by molar-refractivity contribution is 0.104. The molecular weight excluding hydrogens is 254 g/mol. The van der Waals surface area contributed by atoms with Gasteiger partial charge in [-0.25, -0.2) is 0 Å². The van der Waals surface area contributed by atoms with Crippen LogP contribution in [0.15, 0.2) is 48.7 Å².